The van der Waals surface area contributed by atoms with Crippen LogP contribution in [0.5, 0.6) is 17.2 Å². The van der Waals surface area contributed by atoms with Crippen molar-refractivity contribution in [2.75, 3.05) is 27.4 Å². The number of methoxy groups -OCH3 is 2. The predicted molar refractivity (Wildman–Crippen MR) is 181 cm³/mol. The normalized spacial score (nSPS) is 14.3. The van der Waals surface area contributed by atoms with E-state index in [2.05, 4.69) is 20.9 Å². The lowest BCUT2D eigenvalue weighted by atomic mass is 9.95. The van der Waals surface area contributed by atoms with E-state index in [-0.39, 0.29) is 30.3 Å². The molecule has 0 bridgehead atoms. The fourth-order valence-corrected chi connectivity index (χ4v) is 6.71. The van der Waals surface area contributed by atoms with Crippen LogP contribution < -0.4 is 29.1 Å². The highest BCUT2D eigenvalue weighted by Crippen LogP contribution is 2.40. The summed E-state index contributed by atoms with van der Waals surface area (Å²) in [6.07, 6.45) is 1.77. The van der Waals surface area contributed by atoms with E-state index in [4.69, 9.17) is 23.7 Å². The molecule has 0 saturated heterocycles. The number of hydrogen-bond donors (Lipinski definition) is 0. The Labute approximate surface area is 283 Å². The molecule has 0 unspecified atom stereocenters. The second-order valence-electron chi connectivity index (χ2n) is 10.3. The molecule has 0 radical (unpaired) electrons. The Morgan fingerprint density at radius 2 is 1.64 bits per heavy atom. The summed E-state index contributed by atoms with van der Waals surface area (Å²) in [5, 5.41) is 0. The molecular formula is C35H33BrN2O8S. The van der Waals surface area contributed by atoms with Crippen LogP contribution in [0.25, 0.3) is 6.08 Å². The van der Waals surface area contributed by atoms with Crippen LogP contribution >= 0.6 is 27.3 Å². The third kappa shape index (κ3) is 7.18. The lowest BCUT2D eigenvalue weighted by Crippen LogP contribution is -2.40. The lowest BCUT2D eigenvalue weighted by Gasteiger charge is -2.26. The highest BCUT2D eigenvalue weighted by Gasteiger charge is 2.35. The molecule has 5 rings (SSSR count). The number of halogens is 1. The number of nitrogens with zero attached hydrogens (tertiary/aromatic N) is 2. The fourth-order valence-electron chi connectivity index (χ4n) is 5.13. The van der Waals surface area contributed by atoms with Crippen molar-refractivity contribution in [1.29, 1.82) is 0 Å². The lowest BCUT2D eigenvalue weighted by molar-refractivity contribution is -0.139. The number of hydrogen-bond acceptors (Lipinski definition) is 10. The molecule has 10 nitrogen and oxygen atoms in total. The van der Waals surface area contributed by atoms with Gasteiger partial charge in [-0.1, -0.05) is 51.5 Å². The van der Waals surface area contributed by atoms with Gasteiger partial charge >= 0.3 is 11.9 Å². The molecule has 0 fully saturated rings. The van der Waals surface area contributed by atoms with Crippen LogP contribution in [-0.4, -0.2) is 43.9 Å². The second-order valence-corrected chi connectivity index (χ2v) is 12.2. The Hall–Kier alpha value is -4.68. The zero-order chi connectivity index (χ0) is 33.7. The molecule has 1 atom stereocenters. The third-order valence-electron chi connectivity index (χ3n) is 7.34. The fraction of sp³-hybridized carbons (Fsp3) is 0.257. The van der Waals surface area contributed by atoms with Crippen molar-refractivity contribution in [1.82, 2.24) is 4.57 Å². The van der Waals surface area contributed by atoms with Crippen molar-refractivity contribution in [3.63, 3.8) is 0 Å². The van der Waals surface area contributed by atoms with Crippen LogP contribution in [-0.2, 0) is 20.9 Å². The van der Waals surface area contributed by atoms with Crippen LogP contribution in [0.15, 0.2) is 86.2 Å². The molecule has 0 N–H and O–H groups in total. The standard InChI is InChI=1S/C35H33BrN2O8S/c1-6-44-33(40)23-13-11-21(12-14-23)19-46-24-10-8-9-22(15-24)16-29-32(39)38-31(25-17-27(42-4)28(43-5)18-26(25)36)30(34(41)45-7-2)20(3)37-35(38)47-29/h8-18,31H,6-7,19H2,1-5H3/b29-16-/t31-/m1/s1. The molecule has 1 aromatic heterocycles. The summed E-state index contributed by atoms with van der Waals surface area (Å²) in [5.41, 5.74) is 3.10. The summed E-state index contributed by atoms with van der Waals surface area (Å²) in [4.78, 5) is 44.5. The maximum Gasteiger partial charge on any atom is 0.338 e. The van der Waals surface area contributed by atoms with Gasteiger partial charge in [0.15, 0.2) is 16.3 Å². The maximum atomic E-state index is 14.1. The van der Waals surface area contributed by atoms with E-state index in [1.165, 1.54) is 30.1 Å². The molecule has 12 heteroatoms. The Bertz CT molecular complexity index is 2030. The second kappa shape index (κ2) is 14.8. The minimum absolute atomic E-state index is 0.164. The number of fused-ring (bicyclic) bond motifs is 1. The minimum atomic E-state index is -0.841. The largest absolute Gasteiger partial charge is 0.493 e. The number of aromatic nitrogens is 1. The van der Waals surface area contributed by atoms with Crippen molar-refractivity contribution in [3.05, 3.63) is 118 Å². The topological polar surface area (TPSA) is 115 Å². The molecular weight excluding hydrogens is 688 g/mol. The first kappa shape index (κ1) is 33.7. The molecule has 2 heterocycles. The number of rotatable bonds is 11. The molecule has 0 aliphatic carbocycles. The number of esters is 2. The van der Waals surface area contributed by atoms with Gasteiger partial charge in [0, 0.05) is 4.47 Å². The number of thiazole rings is 1. The van der Waals surface area contributed by atoms with Crippen LogP contribution in [0.4, 0.5) is 0 Å². The van der Waals surface area contributed by atoms with Crippen LogP contribution in [0.3, 0.4) is 0 Å². The van der Waals surface area contributed by atoms with E-state index in [0.717, 1.165) is 11.1 Å². The first-order valence-corrected chi connectivity index (χ1v) is 16.4. The van der Waals surface area contributed by atoms with Gasteiger partial charge in [-0.15, -0.1) is 0 Å². The van der Waals surface area contributed by atoms with E-state index in [9.17, 15) is 14.4 Å². The Morgan fingerprint density at radius 1 is 0.957 bits per heavy atom. The van der Waals surface area contributed by atoms with Crippen molar-refractivity contribution < 1.29 is 33.3 Å². The first-order chi connectivity index (χ1) is 22.7. The van der Waals surface area contributed by atoms with Gasteiger partial charge in [0.05, 0.1) is 54.8 Å². The maximum absolute atomic E-state index is 14.1. The van der Waals surface area contributed by atoms with Gasteiger partial charge in [-0.05, 0) is 79.9 Å². The Kier molecular flexibility index (Phi) is 10.6. The van der Waals surface area contributed by atoms with Crippen LogP contribution in [0, 0.1) is 0 Å². The summed E-state index contributed by atoms with van der Waals surface area (Å²) >= 11 is 4.84. The molecule has 1 aliphatic heterocycles. The van der Waals surface area contributed by atoms with Crippen molar-refractivity contribution in [2.45, 2.75) is 33.4 Å². The zero-order valence-corrected chi connectivity index (χ0v) is 28.9. The molecule has 47 heavy (non-hydrogen) atoms. The number of ether oxygens (including phenoxy) is 5. The SMILES string of the molecule is CCOC(=O)C1=C(C)N=c2s/c(=C\c3cccc(OCc4ccc(C(=O)OCC)cc4)c3)c(=O)n2[C@@H]1c1cc(OC)c(OC)cc1Br. The molecule has 4 aromatic rings. The van der Waals surface area contributed by atoms with Gasteiger partial charge in [0.2, 0.25) is 0 Å². The van der Waals surface area contributed by atoms with E-state index < -0.39 is 12.0 Å². The van der Waals surface area contributed by atoms with E-state index in [0.29, 0.717) is 54.5 Å². The average Bonchev–Trinajstić information content (AvgIpc) is 3.37. The van der Waals surface area contributed by atoms with E-state index in [1.807, 2.05) is 36.4 Å². The molecule has 244 valence electrons. The highest BCUT2D eigenvalue weighted by atomic mass is 79.9. The van der Waals surface area contributed by atoms with Crippen molar-refractivity contribution >= 4 is 45.3 Å². The Balaban J connectivity index is 1.51. The first-order valence-electron chi connectivity index (χ1n) is 14.8. The number of allylic oxidation sites excluding steroid dienone is 1. The number of benzene rings is 3. The minimum Gasteiger partial charge on any atom is -0.493 e. The Morgan fingerprint density at radius 3 is 2.32 bits per heavy atom. The van der Waals surface area contributed by atoms with Gasteiger partial charge in [-0.2, -0.15) is 0 Å². The smallest absolute Gasteiger partial charge is 0.338 e. The van der Waals surface area contributed by atoms with Gasteiger partial charge in [0.25, 0.3) is 5.56 Å². The average molecular weight is 722 g/mol. The summed E-state index contributed by atoms with van der Waals surface area (Å²) < 4.78 is 30.0. The summed E-state index contributed by atoms with van der Waals surface area (Å²) in [6.45, 7) is 5.98. The molecule has 3 aromatic carbocycles. The molecule has 0 saturated carbocycles. The molecule has 1 aliphatic rings. The van der Waals surface area contributed by atoms with Crippen LogP contribution in [0.1, 0.15) is 53.9 Å². The highest BCUT2D eigenvalue weighted by molar-refractivity contribution is 9.10. The quantitative estimate of drug-likeness (QED) is 0.191. The van der Waals surface area contributed by atoms with Gasteiger partial charge in [0.1, 0.15) is 12.4 Å². The summed E-state index contributed by atoms with van der Waals surface area (Å²) in [6, 6.07) is 17.1. The summed E-state index contributed by atoms with van der Waals surface area (Å²) in [5.74, 6) is 0.610. The van der Waals surface area contributed by atoms with Crippen molar-refractivity contribution in [3.8, 4) is 17.2 Å². The predicted octanol–water partition coefficient (Wildman–Crippen LogP) is 5.33. The third-order valence-corrected chi connectivity index (χ3v) is 9.01. The van der Waals surface area contributed by atoms with Crippen LogP contribution in [0.2, 0.25) is 0 Å². The number of carbonyl (C=O) groups excluding carboxylic acids is 2. The van der Waals surface area contributed by atoms with Gasteiger partial charge < -0.3 is 23.7 Å². The van der Waals surface area contributed by atoms with E-state index >= 15 is 0 Å². The van der Waals surface area contributed by atoms with E-state index in [1.54, 1.807) is 51.1 Å². The molecule has 0 spiro atoms. The van der Waals surface area contributed by atoms with Gasteiger partial charge in [-0.25, -0.2) is 14.6 Å². The zero-order valence-electron chi connectivity index (χ0n) is 26.5. The van der Waals surface area contributed by atoms with Crippen molar-refractivity contribution in [2.24, 2.45) is 4.99 Å². The monoisotopic (exact) mass is 720 g/mol. The number of carbonyl (C=O) groups is 2. The summed E-state index contributed by atoms with van der Waals surface area (Å²) in [7, 11) is 3.06. The molecule has 0 amide bonds. The van der Waals surface area contributed by atoms with Gasteiger partial charge in [-0.3, -0.25) is 9.36 Å².